The highest BCUT2D eigenvalue weighted by Crippen LogP contribution is 2.50. The molecule has 0 saturated heterocycles. The SMILES string of the molecule is OC12C=CC(O)(C=C1)C1C#CCC(C1)c1cccc(c1)C1CC(C1)C1(O)C=CC(O)(C=C1)c1ccc2cc1. The van der Waals surface area contributed by atoms with Crippen molar-refractivity contribution in [3.05, 3.63) is 119 Å². The van der Waals surface area contributed by atoms with Crippen LogP contribution in [0.15, 0.2) is 97.1 Å². The van der Waals surface area contributed by atoms with Crippen molar-refractivity contribution in [3.8, 4) is 11.8 Å². The molecule has 2 atom stereocenters. The third kappa shape index (κ3) is 3.69. The van der Waals surface area contributed by atoms with Gasteiger partial charge in [-0.2, -0.15) is 0 Å². The first kappa shape index (κ1) is 23.9. The van der Waals surface area contributed by atoms with Crippen LogP contribution in [0, 0.1) is 23.7 Å². The lowest BCUT2D eigenvalue weighted by molar-refractivity contribution is 0.0136. The van der Waals surface area contributed by atoms with Crippen molar-refractivity contribution in [1.29, 1.82) is 0 Å². The first-order valence-electron chi connectivity index (χ1n) is 13.6. The zero-order valence-electron chi connectivity index (χ0n) is 21.2. The molecule has 0 amide bonds. The lowest BCUT2D eigenvalue weighted by Crippen LogP contribution is -2.44. The molecule has 10 aliphatic rings. The van der Waals surface area contributed by atoms with E-state index < -0.39 is 22.4 Å². The Balaban J connectivity index is 1.29. The molecule has 12 bridgehead atoms. The van der Waals surface area contributed by atoms with Gasteiger partial charge in [-0.25, -0.2) is 0 Å². The van der Waals surface area contributed by atoms with E-state index in [1.54, 1.807) is 72.9 Å². The highest BCUT2D eigenvalue weighted by Gasteiger charge is 2.45. The largest absolute Gasteiger partial charge is 0.381 e. The Kier molecular flexibility index (Phi) is 5.12. The van der Waals surface area contributed by atoms with Crippen molar-refractivity contribution in [2.24, 2.45) is 11.8 Å². The Morgan fingerprint density at radius 2 is 1.13 bits per heavy atom. The summed E-state index contributed by atoms with van der Waals surface area (Å²) < 4.78 is 0. The minimum Gasteiger partial charge on any atom is -0.381 e. The van der Waals surface area contributed by atoms with Gasteiger partial charge in [0.1, 0.15) is 22.4 Å². The van der Waals surface area contributed by atoms with Gasteiger partial charge in [0.15, 0.2) is 0 Å². The highest BCUT2D eigenvalue weighted by atomic mass is 16.3. The van der Waals surface area contributed by atoms with Crippen molar-refractivity contribution < 1.29 is 20.4 Å². The first-order valence-corrected chi connectivity index (χ1v) is 13.6. The molecule has 0 spiro atoms. The normalized spacial score (nSPS) is 41.8. The Bertz CT molecular complexity index is 1430. The van der Waals surface area contributed by atoms with Crippen LogP contribution in [-0.2, 0) is 11.2 Å². The number of hydrogen-bond donors (Lipinski definition) is 4. The zero-order chi connectivity index (χ0) is 26.2. The average Bonchev–Trinajstić information content (AvgIpc) is 2.92. The van der Waals surface area contributed by atoms with Gasteiger partial charge in [0, 0.05) is 6.42 Å². The molecule has 12 rings (SSSR count). The zero-order valence-corrected chi connectivity index (χ0v) is 21.2. The first-order chi connectivity index (χ1) is 18.2. The molecule has 0 aromatic heterocycles. The van der Waals surface area contributed by atoms with Crippen LogP contribution >= 0.6 is 0 Å². The third-order valence-electron chi connectivity index (χ3n) is 9.58. The second-order valence-corrected chi connectivity index (χ2v) is 11.9. The standard InChI is InChI=1S/C34H32O4/c35-31-11-15-33(37,16-12-31)29-6-2-5-25(20-29)23-3-1-4-24(19-23)26-21-30(22-26)34(38)17-13-32(36,14-18-34)28-9-7-27(31)8-10-28/h1,3-4,7-19,25-26,29-30,35-38H,5,20-22H2. The summed E-state index contributed by atoms with van der Waals surface area (Å²) in [6.07, 6.45) is 16.7. The minimum absolute atomic E-state index is 0.0888. The maximum absolute atomic E-state index is 11.6. The summed E-state index contributed by atoms with van der Waals surface area (Å²) >= 11 is 0. The van der Waals surface area contributed by atoms with E-state index in [1.807, 2.05) is 0 Å². The lowest BCUT2D eigenvalue weighted by Gasteiger charge is -2.45. The van der Waals surface area contributed by atoms with E-state index in [0.717, 1.165) is 25.7 Å². The van der Waals surface area contributed by atoms with Crippen molar-refractivity contribution in [2.45, 2.75) is 59.9 Å². The van der Waals surface area contributed by atoms with Crippen molar-refractivity contribution >= 4 is 0 Å². The molecule has 0 radical (unpaired) electrons. The van der Waals surface area contributed by atoms with Crippen LogP contribution < -0.4 is 0 Å². The molecular weight excluding hydrogens is 472 g/mol. The van der Waals surface area contributed by atoms with E-state index in [0.29, 0.717) is 17.0 Å². The van der Waals surface area contributed by atoms with Gasteiger partial charge >= 0.3 is 0 Å². The van der Waals surface area contributed by atoms with Gasteiger partial charge in [0.25, 0.3) is 0 Å². The summed E-state index contributed by atoms with van der Waals surface area (Å²) in [4.78, 5) is 0. The fraction of sp³-hybridized carbons (Fsp3) is 0.353. The van der Waals surface area contributed by atoms with Crippen LogP contribution in [0.5, 0.6) is 0 Å². The van der Waals surface area contributed by atoms with E-state index in [9.17, 15) is 20.4 Å². The molecule has 4 N–H and O–H groups in total. The summed E-state index contributed by atoms with van der Waals surface area (Å²) in [6, 6.07) is 15.9. The summed E-state index contributed by atoms with van der Waals surface area (Å²) in [7, 11) is 0. The molecule has 4 heteroatoms. The summed E-state index contributed by atoms with van der Waals surface area (Å²) in [5.41, 5.74) is -1.24. The molecule has 1 saturated carbocycles. The minimum atomic E-state index is -1.37. The number of aliphatic hydroxyl groups is 4. The van der Waals surface area contributed by atoms with Gasteiger partial charge < -0.3 is 20.4 Å². The molecule has 4 nitrogen and oxygen atoms in total. The number of benzene rings is 2. The summed E-state index contributed by atoms with van der Waals surface area (Å²) in [6.45, 7) is 0. The topological polar surface area (TPSA) is 80.9 Å². The number of rotatable bonds is 0. The maximum Gasteiger partial charge on any atom is 0.127 e. The molecule has 0 aliphatic heterocycles. The Morgan fingerprint density at radius 3 is 1.71 bits per heavy atom. The molecule has 2 aromatic carbocycles. The molecule has 2 aromatic rings. The second-order valence-electron chi connectivity index (χ2n) is 11.9. The van der Waals surface area contributed by atoms with Gasteiger partial charge in [-0.1, -0.05) is 54.5 Å². The number of fused-ring (bicyclic) bond motifs is 1. The van der Waals surface area contributed by atoms with Crippen LogP contribution in [0.1, 0.15) is 59.8 Å². The van der Waals surface area contributed by atoms with Crippen LogP contribution in [0.25, 0.3) is 0 Å². The molecule has 0 heterocycles. The van der Waals surface area contributed by atoms with Gasteiger partial charge in [-0.05, 0) is 108 Å². The van der Waals surface area contributed by atoms with Gasteiger partial charge in [0.2, 0.25) is 0 Å². The second kappa shape index (κ2) is 8.15. The monoisotopic (exact) mass is 504 g/mol. The third-order valence-corrected chi connectivity index (χ3v) is 9.58. The maximum atomic E-state index is 11.6. The fourth-order valence-electron chi connectivity index (χ4n) is 6.78. The molecule has 192 valence electrons. The summed E-state index contributed by atoms with van der Waals surface area (Å²) in [5, 5.41) is 45.7. The van der Waals surface area contributed by atoms with Crippen LogP contribution in [0.4, 0.5) is 0 Å². The summed E-state index contributed by atoms with van der Waals surface area (Å²) in [5.74, 6) is 6.96. The number of hydrogen-bond acceptors (Lipinski definition) is 4. The van der Waals surface area contributed by atoms with Crippen LogP contribution in [0.2, 0.25) is 0 Å². The van der Waals surface area contributed by atoms with Gasteiger partial charge in [-0.15, -0.1) is 5.92 Å². The van der Waals surface area contributed by atoms with Crippen molar-refractivity contribution in [3.63, 3.8) is 0 Å². The average molecular weight is 505 g/mol. The lowest BCUT2D eigenvalue weighted by atomic mass is 9.62. The Morgan fingerprint density at radius 1 is 0.605 bits per heavy atom. The van der Waals surface area contributed by atoms with Crippen LogP contribution in [-0.4, -0.2) is 31.6 Å². The Hall–Kier alpha value is -3.20. The molecule has 10 aliphatic carbocycles. The smallest absolute Gasteiger partial charge is 0.127 e. The molecule has 38 heavy (non-hydrogen) atoms. The molecular formula is C34H32O4. The van der Waals surface area contributed by atoms with Gasteiger partial charge in [0.05, 0.1) is 5.92 Å². The van der Waals surface area contributed by atoms with E-state index in [1.165, 1.54) is 11.1 Å². The fourth-order valence-corrected chi connectivity index (χ4v) is 6.78. The van der Waals surface area contributed by atoms with Crippen LogP contribution in [0.3, 0.4) is 0 Å². The van der Waals surface area contributed by atoms with Crippen molar-refractivity contribution in [1.82, 2.24) is 0 Å². The van der Waals surface area contributed by atoms with E-state index in [4.69, 9.17) is 0 Å². The van der Waals surface area contributed by atoms with E-state index in [2.05, 4.69) is 36.1 Å². The van der Waals surface area contributed by atoms with E-state index in [-0.39, 0.29) is 17.8 Å². The molecule has 1 fully saturated rings. The van der Waals surface area contributed by atoms with Gasteiger partial charge in [-0.3, -0.25) is 0 Å². The predicted molar refractivity (Wildman–Crippen MR) is 146 cm³/mol. The van der Waals surface area contributed by atoms with Crippen molar-refractivity contribution in [2.75, 3.05) is 0 Å². The molecule has 2 unspecified atom stereocenters. The highest BCUT2D eigenvalue weighted by molar-refractivity contribution is 5.46. The quantitative estimate of drug-likeness (QED) is 0.315. The predicted octanol–water partition coefficient (Wildman–Crippen LogP) is 4.48. The Labute approximate surface area is 223 Å². The van der Waals surface area contributed by atoms with E-state index >= 15 is 0 Å².